The molecule has 7 heteroatoms. The van der Waals surface area contributed by atoms with Gasteiger partial charge in [0, 0.05) is 6.54 Å². The van der Waals surface area contributed by atoms with Crippen LogP contribution in [0.25, 0.3) is 0 Å². The summed E-state index contributed by atoms with van der Waals surface area (Å²) in [5.74, 6) is -1.51. The summed E-state index contributed by atoms with van der Waals surface area (Å²) in [6.45, 7) is 1.34. The molecule has 0 radical (unpaired) electrons. The van der Waals surface area contributed by atoms with E-state index in [1.807, 2.05) is 4.72 Å². The third kappa shape index (κ3) is 6.50. The van der Waals surface area contributed by atoms with Gasteiger partial charge in [0.15, 0.2) is 5.75 Å². The third-order valence-corrected chi connectivity index (χ3v) is 2.31. The van der Waals surface area contributed by atoms with Crippen molar-refractivity contribution in [3.05, 3.63) is 0 Å². The SMILES string of the molecule is CCOC(=O)CS(=O)(=O)NCCO. The first-order chi connectivity index (χ1) is 6.02. The van der Waals surface area contributed by atoms with E-state index < -0.39 is 21.7 Å². The minimum Gasteiger partial charge on any atom is -0.465 e. The topological polar surface area (TPSA) is 92.7 Å². The first kappa shape index (κ1) is 12.3. The van der Waals surface area contributed by atoms with Gasteiger partial charge in [0.2, 0.25) is 10.0 Å². The molecule has 0 heterocycles. The number of ether oxygens (including phenoxy) is 1. The zero-order valence-electron chi connectivity index (χ0n) is 7.32. The third-order valence-electron chi connectivity index (χ3n) is 1.05. The van der Waals surface area contributed by atoms with Gasteiger partial charge in [-0.3, -0.25) is 4.79 Å². The summed E-state index contributed by atoms with van der Waals surface area (Å²) in [6.07, 6.45) is 0. The summed E-state index contributed by atoms with van der Waals surface area (Å²) >= 11 is 0. The van der Waals surface area contributed by atoms with Gasteiger partial charge in [-0.05, 0) is 6.92 Å². The molecule has 0 atom stereocenters. The largest absolute Gasteiger partial charge is 0.465 e. The van der Waals surface area contributed by atoms with Crippen molar-refractivity contribution in [3.8, 4) is 0 Å². The van der Waals surface area contributed by atoms with Gasteiger partial charge in [0.25, 0.3) is 0 Å². The van der Waals surface area contributed by atoms with Crippen molar-refractivity contribution < 1.29 is 23.1 Å². The Kier molecular flexibility index (Phi) is 5.60. The number of aliphatic hydroxyl groups excluding tert-OH is 1. The van der Waals surface area contributed by atoms with Crippen LogP contribution in [-0.4, -0.2) is 45.0 Å². The predicted octanol–water partition coefficient (Wildman–Crippen LogP) is -1.54. The van der Waals surface area contributed by atoms with Crippen molar-refractivity contribution in [2.75, 3.05) is 25.5 Å². The molecule has 0 aromatic rings. The first-order valence-corrected chi connectivity index (χ1v) is 5.41. The van der Waals surface area contributed by atoms with Crippen molar-refractivity contribution in [1.29, 1.82) is 0 Å². The molecule has 78 valence electrons. The van der Waals surface area contributed by atoms with Crippen molar-refractivity contribution in [1.82, 2.24) is 4.72 Å². The average molecular weight is 211 g/mol. The number of carbonyl (C=O) groups is 1. The number of carbonyl (C=O) groups excluding carboxylic acids is 1. The van der Waals surface area contributed by atoms with E-state index in [2.05, 4.69) is 4.74 Å². The fraction of sp³-hybridized carbons (Fsp3) is 0.833. The Hall–Kier alpha value is -0.660. The summed E-state index contributed by atoms with van der Waals surface area (Å²) in [4.78, 5) is 10.7. The van der Waals surface area contributed by atoms with Crippen molar-refractivity contribution >= 4 is 16.0 Å². The molecule has 0 aliphatic heterocycles. The molecule has 0 aromatic heterocycles. The highest BCUT2D eigenvalue weighted by atomic mass is 32.2. The van der Waals surface area contributed by atoms with Crippen molar-refractivity contribution in [2.45, 2.75) is 6.92 Å². The fourth-order valence-corrected chi connectivity index (χ4v) is 1.51. The molecule has 0 aliphatic rings. The minimum absolute atomic E-state index is 0.0955. The van der Waals surface area contributed by atoms with Gasteiger partial charge in [-0.2, -0.15) is 0 Å². The van der Waals surface area contributed by atoms with Gasteiger partial charge in [-0.25, -0.2) is 13.1 Å². The molecule has 0 saturated heterocycles. The second kappa shape index (κ2) is 5.90. The molecule has 0 fully saturated rings. The molecule has 6 nitrogen and oxygen atoms in total. The van der Waals surface area contributed by atoms with Gasteiger partial charge in [-0.15, -0.1) is 0 Å². The normalized spacial score (nSPS) is 11.2. The predicted molar refractivity (Wildman–Crippen MR) is 45.5 cm³/mol. The van der Waals surface area contributed by atoms with E-state index in [0.29, 0.717) is 0 Å². The molecule has 0 aliphatic carbocycles. The second-order valence-corrected chi connectivity index (χ2v) is 3.99. The van der Waals surface area contributed by atoms with Gasteiger partial charge in [0.1, 0.15) is 0 Å². The van der Waals surface area contributed by atoms with Gasteiger partial charge < -0.3 is 9.84 Å². The van der Waals surface area contributed by atoms with Gasteiger partial charge >= 0.3 is 5.97 Å². The average Bonchev–Trinajstić information content (AvgIpc) is 2.00. The lowest BCUT2D eigenvalue weighted by molar-refractivity contribution is -0.139. The van der Waals surface area contributed by atoms with Crippen LogP contribution in [-0.2, 0) is 19.6 Å². The fourth-order valence-electron chi connectivity index (χ4n) is 0.610. The van der Waals surface area contributed by atoms with Crippen molar-refractivity contribution in [2.24, 2.45) is 0 Å². The molecule has 0 rings (SSSR count). The first-order valence-electron chi connectivity index (χ1n) is 3.75. The summed E-state index contributed by atoms with van der Waals surface area (Å²) in [6, 6.07) is 0. The van der Waals surface area contributed by atoms with E-state index in [0.717, 1.165) is 0 Å². The van der Waals surface area contributed by atoms with Crippen LogP contribution in [0.4, 0.5) is 0 Å². The molecule has 0 unspecified atom stereocenters. The smallest absolute Gasteiger partial charge is 0.322 e. The highest BCUT2D eigenvalue weighted by Crippen LogP contribution is 1.87. The van der Waals surface area contributed by atoms with Crippen LogP contribution in [0, 0.1) is 0 Å². The minimum atomic E-state index is -3.65. The number of rotatable bonds is 6. The van der Waals surface area contributed by atoms with Crippen LogP contribution >= 0.6 is 0 Å². The number of hydrogen-bond donors (Lipinski definition) is 2. The lowest BCUT2D eigenvalue weighted by atomic mass is 10.8. The number of aliphatic hydroxyl groups is 1. The zero-order chi connectivity index (χ0) is 10.3. The lowest BCUT2D eigenvalue weighted by Gasteiger charge is -2.04. The maximum Gasteiger partial charge on any atom is 0.322 e. The number of nitrogens with one attached hydrogen (secondary N) is 1. The molecule has 2 N–H and O–H groups in total. The highest BCUT2D eigenvalue weighted by molar-refractivity contribution is 7.90. The zero-order valence-corrected chi connectivity index (χ0v) is 8.13. The Morgan fingerprint density at radius 2 is 2.15 bits per heavy atom. The van der Waals surface area contributed by atoms with Gasteiger partial charge in [-0.1, -0.05) is 0 Å². The van der Waals surface area contributed by atoms with Crippen molar-refractivity contribution in [3.63, 3.8) is 0 Å². The van der Waals surface area contributed by atoms with E-state index in [1.54, 1.807) is 6.92 Å². The molecule has 0 spiro atoms. The molecular weight excluding hydrogens is 198 g/mol. The van der Waals surface area contributed by atoms with E-state index in [1.165, 1.54) is 0 Å². The standard InChI is InChI=1S/C6H13NO5S/c1-2-12-6(9)5-13(10,11)7-3-4-8/h7-8H,2-5H2,1H3. The van der Waals surface area contributed by atoms with Crippen LogP contribution in [0.1, 0.15) is 6.92 Å². The van der Waals surface area contributed by atoms with Crippen LogP contribution in [0.15, 0.2) is 0 Å². The Bertz CT molecular complexity index is 248. The summed E-state index contributed by atoms with van der Waals surface area (Å²) in [5, 5.41) is 8.32. The monoisotopic (exact) mass is 211 g/mol. The van der Waals surface area contributed by atoms with E-state index in [9.17, 15) is 13.2 Å². The van der Waals surface area contributed by atoms with Crippen LogP contribution in [0.2, 0.25) is 0 Å². The molecule has 0 amide bonds. The van der Waals surface area contributed by atoms with E-state index in [4.69, 9.17) is 5.11 Å². The quantitative estimate of drug-likeness (QED) is 0.519. The van der Waals surface area contributed by atoms with Crippen LogP contribution < -0.4 is 4.72 Å². The highest BCUT2D eigenvalue weighted by Gasteiger charge is 2.15. The number of hydrogen-bond acceptors (Lipinski definition) is 5. The summed E-state index contributed by atoms with van der Waals surface area (Å²) < 4.78 is 28.4. The molecular formula is C6H13NO5S. The van der Waals surface area contributed by atoms with E-state index >= 15 is 0 Å². The van der Waals surface area contributed by atoms with Crippen LogP contribution in [0.3, 0.4) is 0 Å². The van der Waals surface area contributed by atoms with Gasteiger partial charge in [0.05, 0.1) is 13.2 Å². The Morgan fingerprint density at radius 1 is 1.54 bits per heavy atom. The molecule has 13 heavy (non-hydrogen) atoms. The lowest BCUT2D eigenvalue weighted by Crippen LogP contribution is -2.32. The Labute approximate surface area is 76.9 Å². The van der Waals surface area contributed by atoms with E-state index in [-0.39, 0.29) is 19.8 Å². The Balaban J connectivity index is 3.95. The number of esters is 1. The maximum atomic E-state index is 11.0. The summed E-state index contributed by atoms with van der Waals surface area (Å²) in [7, 11) is -3.65. The molecule has 0 saturated carbocycles. The Morgan fingerprint density at radius 3 is 2.62 bits per heavy atom. The second-order valence-electron chi connectivity index (χ2n) is 2.18. The summed E-state index contributed by atoms with van der Waals surface area (Å²) in [5.41, 5.74) is 0. The number of sulfonamides is 1. The maximum absolute atomic E-state index is 11.0. The molecule has 0 aromatic carbocycles. The molecule has 0 bridgehead atoms. The van der Waals surface area contributed by atoms with Crippen LogP contribution in [0.5, 0.6) is 0 Å².